The number of nitrogens with zero attached hydrogens (tertiary/aromatic N) is 1. The smallest absolute Gasteiger partial charge is 0.340 e. The van der Waals surface area contributed by atoms with E-state index in [4.69, 9.17) is 9.16 Å². The summed E-state index contributed by atoms with van der Waals surface area (Å²) < 4.78 is 27.1. The van der Waals surface area contributed by atoms with Gasteiger partial charge in [-0.05, 0) is 36.3 Å². The molecule has 146 valence electrons. The highest BCUT2D eigenvalue weighted by Gasteiger charge is 2.40. The number of benzene rings is 1. The van der Waals surface area contributed by atoms with Crippen molar-refractivity contribution in [3.05, 3.63) is 47.9 Å². The van der Waals surface area contributed by atoms with Crippen LogP contribution in [0.3, 0.4) is 0 Å². The minimum Gasteiger partial charge on any atom is -0.465 e. The molecule has 0 radical (unpaired) electrons. The van der Waals surface area contributed by atoms with Crippen molar-refractivity contribution < 1.29 is 18.3 Å². The first kappa shape index (κ1) is 19.8. The predicted molar refractivity (Wildman–Crippen MR) is 108 cm³/mol. The summed E-state index contributed by atoms with van der Waals surface area (Å²) in [7, 11) is -0.528. The van der Waals surface area contributed by atoms with Crippen LogP contribution in [0.25, 0.3) is 10.9 Å². The topological polar surface area (TPSA) is 40.5 Å². The van der Waals surface area contributed by atoms with Crippen LogP contribution < -0.4 is 0 Å². The van der Waals surface area contributed by atoms with Crippen LogP contribution in [0.2, 0.25) is 18.1 Å². The van der Waals surface area contributed by atoms with Gasteiger partial charge in [-0.25, -0.2) is 9.18 Å². The molecule has 2 unspecified atom stereocenters. The second kappa shape index (κ2) is 6.91. The van der Waals surface area contributed by atoms with E-state index in [1.807, 2.05) is 4.57 Å². The highest BCUT2D eigenvalue weighted by atomic mass is 28.4. The number of rotatable bonds is 4. The number of fused-ring (bicyclic) bond motifs is 1. The molecule has 0 fully saturated rings. The average molecular weight is 390 g/mol. The van der Waals surface area contributed by atoms with E-state index in [0.717, 1.165) is 11.9 Å². The van der Waals surface area contributed by atoms with Gasteiger partial charge in [0.1, 0.15) is 5.82 Å². The molecule has 0 aliphatic heterocycles. The molecule has 1 aliphatic carbocycles. The van der Waals surface area contributed by atoms with Gasteiger partial charge in [-0.2, -0.15) is 0 Å². The third-order valence-electron chi connectivity index (χ3n) is 5.83. The second-order valence-corrected chi connectivity index (χ2v) is 13.5. The maximum Gasteiger partial charge on any atom is 0.340 e. The van der Waals surface area contributed by atoms with E-state index in [9.17, 15) is 9.18 Å². The van der Waals surface area contributed by atoms with Crippen molar-refractivity contribution in [2.24, 2.45) is 0 Å². The van der Waals surface area contributed by atoms with Gasteiger partial charge < -0.3 is 13.7 Å². The van der Waals surface area contributed by atoms with E-state index in [1.165, 1.54) is 19.2 Å². The molecular formula is C21H28FNO3Si. The normalized spacial score (nSPS) is 20.4. The number of carbonyl (C=O) groups excluding carboxylic acids is 1. The van der Waals surface area contributed by atoms with E-state index < -0.39 is 14.3 Å². The standard InChI is InChI=1S/C21H28FNO3Si/c1-21(2,3)27(5,6)26-16-9-8-15(12-16)23-13-18(20(24)25-4)17-11-14(22)7-10-19(17)23/h7-11,13,15-16H,12H2,1-6H3. The van der Waals surface area contributed by atoms with Crippen molar-refractivity contribution in [3.63, 3.8) is 0 Å². The number of methoxy groups -OCH3 is 1. The lowest BCUT2D eigenvalue weighted by Crippen LogP contribution is -2.43. The fourth-order valence-corrected chi connectivity index (χ4v) is 4.56. The van der Waals surface area contributed by atoms with Gasteiger partial charge in [0, 0.05) is 23.5 Å². The molecular weight excluding hydrogens is 361 g/mol. The Hall–Kier alpha value is -1.92. The lowest BCUT2D eigenvalue weighted by molar-refractivity contribution is 0.0602. The molecule has 2 aromatic rings. The monoisotopic (exact) mass is 389 g/mol. The van der Waals surface area contributed by atoms with Gasteiger partial charge >= 0.3 is 5.97 Å². The molecule has 1 aromatic carbocycles. The van der Waals surface area contributed by atoms with Crippen molar-refractivity contribution in [2.45, 2.75) is 57.5 Å². The summed E-state index contributed by atoms with van der Waals surface area (Å²) in [6.45, 7) is 11.2. The molecule has 1 aromatic heterocycles. The summed E-state index contributed by atoms with van der Waals surface area (Å²) >= 11 is 0. The first-order valence-corrected chi connectivity index (χ1v) is 12.2. The quantitative estimate of drug-likeness (QED) is 0.396. The molecule has 1 heterocycles. The Bertz CT molecular complexity index is 895. The number of allylic oxidation sites excluding steroid dienone is 1. The Morgan fingerprint density at radius 3 is 2.59 bits per heavy atom. The Balaban J connectivity index is 1.89. The van der Waals surface area contributed by atoms with Crippen LogP contribution in [0.5, 0.6) is 0 Å². The van der Waals surface area contributed by atoms with Crippen molar-refractivity contribution in [1.82, 2.24) is 4.57 Å². The minimum atomic E-state index is -1.86. The maximum absolute atomic E-state index is 13.7. The lowest BCUT2D eigenvalue weighted by atomic mass is 10.1. The molecule has 27 heavy (non-hydrogen) atoms. The third-order valence-corrected chi connectivity index (χ3v) is 10.3. The summed E-state index contributed by atoms with van der Waals surface area (Å²) in [6, 6.07) is 4.58. The Morgan fingerprint density at radius 1 is 1.26 bits per heavy atom. The maximum atomic E-state index is 13.7. The third kappa shape index (κ3) is 3.73. The largest absolute Gasteiger partial charge is 0.465 e. The lowest BCUT2D eigenvalue weighted by Gasteiger charge is -2.38. The van der Waals surface area contributed by atoms with Crippen LogP contribution in [0.1, 0.15) is 43.6 Å². The molecule has 0 saturated heterocycles. The molecule has 1 aliphatic rings. The first-order chi connectivity index (χ1) is 12.5. The zero-order valence-corrected chi connectivity index (χ0v) is 17.9. The molecule has 3 rings (SSSR count). The highest BCUT2D eigenvalue weighted by Crippen LogP contribution is 2.40. The van der Waals surface area contributed by atoms with Gasteiger partial charge in [-0.15, -0.1) is 0 Å². The number of aromatic nitrogens is 1. The van der Waals surface area contributed by atoms with Crippen LogP contribution in [0, 0.1) is 5.82 Å². The summed E-state index contributed by atoms with van der Waals surface area (Å²) in [5.74, 6) is -0.827. The summed E-state index contributed by atoms with van der Waals surface area (Å²) in [5, 5.41) is 0.721. The van der Waals surface area contributed by atoms with Gasteiger partial charge in [-0.1, -0.05) is 32.9 Å². The minimum absolute atomic E-state index is 0.0513. The molecule has 0 amide bonds. The summed E-state index contributed by atoms with van der Waals surface area (Å²) in [5.41, 5.74) is 1.20. The van der Waals surface area contributed by atoms with Gasteiger partial charge in [-0.3, -0.25) is 0 Å². The molecule has 0 N–H and O–H groups in total. The van der Waals surface area contributed by atoms with E-state index in [1.54, 1.807) is 12.3 Å². The van der Waals surface area contributed by atoms with Crippen molar-refractivity contribution in [1.29, 1.82) is 0 Å². The molecule has 2 atom stereocenters. The van der Waals surface area contributed by atoms with Crippen LogP contribution in [0.15, 0.2) is 36.5 Å². The number of ether oxygens (including phenoxy) is 1. The van der Waals surface area contributed by atoms with Crippen molar-refractivity contribution in [3.8, 4) is 0 Å². The molecule has 0 saturated carbocycles. The van der Waals surface area contributed by atoms with E-state index in [2.05, 4.69) is 46.0 Å². The molecule has 0 spiro atoms. The number of carbonyl (C=O) groups is 1. The van der Waals surface area contributed by atoms with Gasteiger partial charge in [0.2, 0.25) is 0 Å². The van der Waals surface area contributed by atoms with E-state index in [0.29, 0.717) is 10.9 Å². The van der Waals surface area contributed by atoms with E-state index in [-0.39, 0.29) is 23.0 Å². The predicted octanol–water partition coefficient (Wildman–Crippen LogP) is 5.46. The summed E-state index contributed by atoms with van der Waals surface area (Å²) in [4.78, 5) is 12.1. The van der Waals surface area contributed by atoms with Crippen molar-refractivity contribution >= 4 is 25.2 Å². The number of hydrogen-bond donors (Lipinski definition) is 0. The number of halogens is 1. The first-order valence-electron chi connectivity index (χ1n) is 9.28. The Kier molecular flexibility index (Phi) is 5.07. The van der Waals surface area contributed by atoms with Gasteiger partial charge in [0.15, 0.2) is 8.32 Å². The fourth-order valence-electron chi connectivity index (χ4n) is 3.27. The summed E-state index contributed by atoms with van der Waals surface area (Å²) in [6.07, 6.45) is 6.84. The van der Waals surface area contributed by atoms with Crippen LogP contribution >= 0.6 is 0 Å². The average Bonchev–Trinajstić information content (AvgIpc) is 3.16. The SMILES string of the molecule is COC(=O)c1cn(C2C=CC(O[Si](C)(C)C(C)(C)C)C2)c2ccc(F)cc12. The van der Waals surface area contributed by atoms with Crippen molar-refractivity contribution in [2.75, 3.05) is 7.11 Å². The van der Waals surface area contributed by atoms with Gasteiger partial charge in [0.05, 0.1) is 24.8 Å². The van der Waals surface area contributed by atoms with Crippen LogP contribution in [0.4, 0.5) is 4.39 Å². The van der Waals surface area contributed by atoms with Crippen LogP contribution in [-0.4, -0.2) is 32.1 Å². The van der Waals surface area contributed by atoms with Crippen LogP contribution in [-0.2, 0) is 9.16 Å². The zero-order chi connectivity index (χ0) is 20.0. The number of esters is 1. The highest BCUT2D eigenvalue weighted by molar-refractivity contribution is 6.74. The van der Waals surface area contributed by atoms with E-state index >= 15 is 0 Å². The Labute approximate surface area is 161 Å². The number of hydrogen-bond acceptors (Lipinski definition) is 3. The zero-order valence-electron chi connectivity index (χ0n) is 16.9. The fraction of sp³-hybridized carbons (Fsp3) is 0.476. The molecule has 6 heteroatoms. The second-order valence-electron chi connectivity index (χ2n) is 8.71. The Morgan fingerprint density at radius 2 is 1.96 bits per heavy atom. The molecule has 4 nitrogen and oxygen atoms in total. The van der Waals surface area contributed by atoms with Gasteiger partial charge in [0.25, 0.3) is 0 Å². The molecule has 0 bridgehead atoms.